The molecule has 1 atom stereocenters. The Balaban J connectivity index is 0.00000253. The van der Waals surface area contributed by atoms with E-state index in [1.165, 1.54) is 41.7 Å². The molecule has 1 aliphatic carbocycles. The molecule has 0 saturated heterocycles. The third-order valence-corrected chi connectivity index (χ3v) is 14.2. The van der Waals surface area contributed by atoms with Crippen molar-refractivity contribution in [3.8, 4) is 0 Å². The van der Waals surface area contributed by atoms with Gasteiger partial charge in [-0.3, -0.25) is 0 Å². The molecule has 3 aromatic carbocycles. The van der Waals surface area contributed by atoms with Crippen molar-refractivity contribution in [3.63, 3.8) is 0 Å². The first-order chi connectivity index (χ1) is 17.1. The van der Waals surface area contributed by atoms with Crippen molar-refractivity contribution in [2.75, 3.05) is 0 Å². The third kappa shape index (κ3) is 6.88. The van der Waals surface area contributed by atoms with Gasteiger partial charge in [0.2, 0.25) is 0 Å². The van der Waals surface area contributed by atoms with Gasteiger partial charge in [0, 0.05) is 0 Å². The van der Waals surface area contributed by atoms with E-state index < -0.39 is 8.07 Å². The fraction of sp³-hybridized carbons (Fsp3) is 0.353. The van der Waals surface area contributed by atoms with Crippen molar-refractivity contribution in [1.82, 2.24) is 0 Å². The molecule has 3 aromatic rings. The molecule has 1 aliphatic rings. The molecule has 0 N–H and O–H groups in total. The van der Waals surface area contributed by atoms with Crippen molar-refractivity contribution in [1.29, 1.82) is 0 Å². The van der Waals surface area contributed by atoms with Gasteiger partial charge in [-0.2, -0.15) is 0 Å². The topological polar surface area (TPSA) is 0 Å². The van der Waals surface area contributed by atoms with E-state index in [2.05, 4.69) is 155 Å². The Morgan fingerprint density at radius 1 is 0.615 bits per heavy atom. The zero-order valence-electron chi connectivity index (χ0n) is 24.5. The molecule has 1 unspecified atom stereocenters. The minimum absolute atomic E-state index is 0. The van der Waals surface area contributed by atoms with Crippen molar-refractivity contribution in [3.05, 3.63) is 110 Å². The van der Waals surface area contributed by atoms with Crippen LogP contribution < -0.4 is 15.6 Å². The summed E-state index contributed by atoms with van der Waals surface area (Å²) in [7, 11) is -2.57. The zero-order valence-corrected chi connectivity index (χ0v) is 29.6. The number of benzene rings is 3. The van der Waals surface area contributed by atoms with E-state index in [9.17, 15) is 0 Å². The molecule has 4 rings (SSSR count). The fourth-order valence-corrected chi connectivity index (χ4v) is 11.6. The number of allylic oxidation sites excluding steroid dienone is 4. The molecule has 0 spiro atoms. The van der Waals surface area contributed by atoms with Crippen LogP contribution in [-0.4, -0.2) is 8.07 Å². The Kier molecular flexibility index (Phi) is 13.6. The minimum atomic E-state index is -2.57. The van der Waals surface area contributed by atoms with E-state index in [0.717, 1.165) is 0 Å². The SMILES string of the molecule is CC1=[C]([Ti])C(C)C=C1[Si](c1cccc(C(C)C)c1)(c1cccc(C(C)C)c1)c1cccc(C(C)C)c1.Cl.Cl.Cl. The Hall–Kier alpha value is -1.06. The van der Waals surface area contributed by atoms with Gasteiger partial charge in [-0.1, -0.05) is 0 Å². The molecule has 5 heteroatoms. The summed E-state index contributed by atoms with van der Waals surface area (Å²) in [5, 5.41) is 6.09. The van der Waals surface area contributed by atoms with E-state index in [1.807, 2.05) is 0 Å². The summed E-state index contributed by atoms with van der Waals surface area (Å²) in [5.74, 6) is 1.96. The van der Waals surface area contributed by atoms with Crippen LogP contribution in [0.2, 0.25) is 0 Å². The quantitative estimate of drug-likeness (QED) is 0.180. The molecular formula is C34H44Cl3SiTi. The molecule has 0 radical (unpaired) electrons. The summed E-state index contributed by atoms with van der Waals surface area (Å²) in [4.78, 5) is 0. The summed E-state index contributed by atoms with van der Waals surface area (Å²) < 4.78 is 1.52. The first-order valence-corrected chi connectivity index (χ1v) is 16.3. The van der Waals surface area contributed by atoms with Crippen molar-refractivity contribution < 1.29 is 20.4 Å². The Labute approximate surface area is 268 Å². The van der Waals surface area contributed by atoms with Crippen molar-refractivity contribution >= 4 is 60.9 Å². The van der Waals surface area contributed by atoms with Crippen LogP contribution in [0.5, 0.6) is 0 Å². The maximum Gasteiger partial charge on any atom is -0.147 e. The largest absolute Gasteiger partial charge is 0.147 e. The van der Waals surface area contributed by atoms with Gasteiger partial charge >= 0.3 is 233 Å². The van der Waals surface area contributed by atoms with Gasteiger partial charge in [0.05, 0.1) is 0 Å². The zero-order chi connectivity index (χ0) is 26.2. The van der Waals surface area contributed by atoms with Crippen LogP contribution >= 0.6 is 37.2 Å². The molecular weight excluding hydrogens is 591 g/mol. The van der Waals surface area contributed by atoms with E-state index in [0.29, 0.717) is 23.7 Å². The molecule has 39 heavy (non-hydrogen) atoms. The first-order valence-electron chi connectivity index (χ1n) is 13.5. The van der Waals surface area contributed by atoms with Crippen LogP contribution in [0.15, 0.2) is 93.5 Å². The van der Waals surface area contributed by atoms with Crippen LogP contribution in [0.4, 0.5) is 0 Å². The number of rotatable bonds is 7. The summed E-state index contributed by atoms with van der Waals surface area (Å²) in [6.07, 6.45) is 2.60. The maximum atomic E-state index is 2.60. The average molecular weight is 635 g/mol. The predicted molar refractivity (Wildman–Crippen MR) is 178 cm³/mol. The molecule has 0 saturated carbocycles. The van der Waals surface area contributed by atoms with Gasteiger partial charge < -0.3 is 0 Å². The molecule has 0 aliphatic heterocycles. The van der Waals surface area contributed by atoms with Gasteiger partial charge in [0.25, 0.3) is 0 Å². The smallest absolute Gasteiger partial charge is 0.147 e. The Morgan fingerprint density at radius 3 is 1.21 bits per heavy atom. The minimum Gasteiger partial charge on any atom is -0.147 e. The van der Waals surface area contributed by atoms with Gasteiger partial charge in [-0.25, -0.2) is 0 Å². The van der Waals surface area contributed by atoms with Crippen LogP contribution in [0.3, 0.4) is 0 Å². The second-order valence-electron chi connectivity index (χ2n) is 11.5. The van der Waals surface area contributed by atoms with E-state index in [4.69, 9.17) is 0 Å². The van der Waals surface area contributed by atoms with Crippen molar-refractivity contribution in [2.45, 2.75) is 73.1 Å². The number of hydrogen-bond donors (Lipinski definition) is 0. The fourth-order valence-electron chi connectivity index (χ4n) is 5.71. The first kappa shape index (κ1) is 36.0. The van der Waals surface area contributed by atoms with Crippen LogP contribution in [0, 0.1) is 5.92 Å². The monoisotopic (exact) mass is 633 g/mol. The van der Waals surface area contributed by atoms with Gasteiger partial charge in [-0.15, -0.1) is 37.2 Å². The van der Waals surface area contributed by atoms with Gasteiger partial charge in [0.1, 0.15) is 0 Å². The Morgan fingerprint density at radius 2 is 0.949 bits per heavy atom. The second-order valence-corrected chi connectivity index (χ2v) is 16.1. The maximum absolute atomic E-state index is 2.60. The molecule has 0 nitrogen and oxygen atoms in total. The normalized spacial score (nSPS) is 15.1. The van der Waals surface area contributed by atoms with Gasteiger partial charge in [0.15, 0.2) is 0 Å². The van der Waals surface area contributed by atoms with Crippen LogP contribution in [0.1, 0.15) is 89.8 Å². The molecule has 0 bridgehead atoms. The summed E-state index contributed by atoms with van der Waals surface area (Å²) >= 11 is 2.34. The molecule has 0 heterocycles. The molecule has 0 aromatic heterocycles. The summed E-state index contributed by atoms with van der Waals surface area (Å²) in [5.41, 5.74) is 5.77. The molecule has 0 fully saturated rings. The van der Waals surface area contributed by atoms with E-state index in [-0.39, 0.29) is 37.2 Å². The summed E-state index contributed by atoms with van der Waals surface area (Å²) in [6, 6.07) is 28.7. The van der Waals surface area contributed by atoms with Crippen LogP contribution in [-0.2, 0) is 20.4 Å². The van der Waals surface area contributed by atoms with E-state index in [1.54, 1.807) is 5.20 Å². The molecule has 209 valence electrons. The van der Waals surface area contributed by atoms with Gasteiger partial charge in [-0.05, 0) is 0 Å². The Bertz CT molecular complexity index is 1200. The average Bonchev–Trinajstić information content (AvgIpc) is 3.12. The van der Waals surface area contributed by atoms with E-state index >= 15 is 0 Å². The van der Waals surface area contributed by atoms with Crippen molar-refractivity contribution in [2.24, 2.45) is 5.92 Å². The standard InChI is InChI=1S/C34H41Si.3ClH.Ti/c1-23(2)28-12-9-15-31(20-28)35(34-19-26(7)18-27(34)8,32-16-10-13-29(21-32)24(3)4)33-17-11-14-30(22-33)25(5)6;;;;/h9-17,19-26H,1-8H3;3*1H;. The number of hydrogen-bond acceptors (Lipinski definition) is 0. The van der Waals surface area contributed by atoms with Crippen LogP contribution in [0.25, 0.3) is 0 Å². The summed E-state index contributed by atoms with van der Waals surface area (Å²) in [6.45, 7) is 18.6. The molecule has 0 amide bonds. The number of halogens is 3. The third-order valence-electron chi connectivity index (χ3n) is 8.04. The predicted octanol–water partition coefficient (Wildman–Crippen LogP) is 8.73. The second kappa shape index (κ2) is 14.7.